The number of amides is 1. The quantitative estimate of drug-likeness (QED) is 0.668. The minimum Gasteiger partial charge on any atom is -0.507 e. The van der Waals surface area contributed by atoms with Crippen LogP contribution in [0.4, 0.5) is 4.39 Å². The molecule has 2 rings (SSSR count). The van der Waals surface area contributed by atoms with Crippen LogP contribution < -0.4 is 5.43 Å². The number of benzene rings is 2. The SMILES string of the molecule is O=C(N/N=C/c1cc(Br)ccc1F)c1ccccc1O. The van der Waals surface area contributed by atoms with E-state index < -0.39 is 11.7 Å². The lowest BCUT2D eigenvalue weighted by Gasteiger charge is -2.02. The maximum absolute atomic E-state index is 13.4. The number of phenols is 1. The highest BCUT2D eigenvalue weighted by Crippen LogP contribution is 2.15. The number of aromatic hydroxyl groups is 1. The normalized spacial score (nSPS) is 10.7. The van der Waals surface area contributed by atoms with Crippen LogP contribution in [0.25, 0.3) is 0 Å². The first-order valence-corrected chi connectivity index (χ1v) is 6.43. The summed E-state index contributed by atoms with van der Waals surface area (Å²) in [6.45, 7) is 0. The summed E-state index contributed by atoms with van der Waals surface area (Å²) >= 11 is 3.21. The summed E-state index contributed by atoms with van der Waals surface area (Å²) < 4.78 is 14.1. The average molecular weight is 337 g/mol. The molecule has 0 unspecified atom stereocenters. The van der Waals surface area contributed by atoms with E-state index in [-0.39, 0.29) is 16.9 Å². The molecule has 1 amide bonds. The zero-order chi connectivity index (χ0) is 14.5. The summed E-state index contributed by atoms with van der Waals surface area (Å²) in [6, 6.07) is 10.5. The van der Waals surface area contributed by atoms with Gasteiger partial charge in [0, 0.05) is 10.0 Å². The number of carbonyl (C=O) groups is 1. The highest BCUT2D eigenvalue weighted by molar-refractivity contribution is 9.10. The minimum atomic E-state index is -0.574. The van der Waals surface area contributed by atoms with Crippen molar-refractivity contribution in [3.05, 3.63) is 63.9 Å². The fourth-order valence-corrected chi connectivity index (χ4v) is 1.88. The number of phenolic OH excluding ortho intramolecular Hbond substituents is 1. The van der Waals surface area contributed by atoms with Gasteiger partial charge in [-0.05, 0) is 30.3 Å². The predicted molar refractivity (Wildman–Crippen MR) is 77.3 cm³/mol. The smallest absolute Gasteiger partial charge is 0.275 e. The largest absolute Gasteiger partial charge is 0.507 e. The van der Waals surface area contributed by atoms with Gasteiger partial charge in [0.2, 0.25) is 0 Å². The van der Waals surface area contributed by atoms with E-state index in [1.165, 1.54) is 30.5 Å². The molecule has 2 aromatic rings. The van der Waals surface area contributed by atoms with Gasteiger partial charge < -0.3 is 5.11 Å². The lowest BCUT2D eigenvalue weighted by molar-refractivity contribution is 0.0952. The van der Waals surface area contributed by atoms with Crippen molar-refractivity contribution in [1.82, 2.24) is 5.43 Å². The molecule has 0 bridgehead atoms. The molecular formula is C14H10BrFN2O2. The fraction of sp³-hybridized carbons (Fsp3) is 0. The zero-order valence-electron chi connectivity index (χ0n) is 10.2. The van der Waals surface area contributed by atoms with Crippen LogP contribution in [0, 0.1) is 5.82 Å². The monoisotopic (exact) mass is 336 g/mol. The molecule has 0 aliphatic carbocycles. The Morgan fingerprint density at radius 2 is 2.05 bits per heavy atom. The van der Waals surface area contributed by atoms with E-state index in [4.69, 9.17) is 0 Å². The van der Waals surface area contributed by atoms with Crippen molar-refractivity contribution in [3.8, 4) is 5.75 Å². The maximum Gasteiger partial charge on any atom is 0.275 e. The van der Waals surface area contributed by atoms with Crippen LogP contribution in [-0.4, -0.2) is 17.2 Å². The maximum atomic E-state index is 13.4. The Bertz CT molecular complexity index is 674. The van der Waals surface area contributed by atoms with Crippen LogP contribution in [0.2, 0.25) is 0 Å². The van der Waals surface area contributed by atoms with E-state index in [9.17, 15) is 14.3 Å². The predicted octanol–water partition coefficient (Wildman–Crippen LogP) is 3.06. The van der Waals surface area contributed by atoms with Gasteiger partial charge in [-0.1, -0.05) is 28.1 Å². The molecule has 2 aromatic carbocycles. The third-order valence-corrected chi connectivity index (χ3v) is 2.97. The van der Waals surface area contributed by atoms with Crippen LogP contribution in [0.5, 0.6) is 5.75 Å². The summed E-state index contributed by atoms with van der Waals surface area (Å²) in [5.41, 5.74) is 2.55. The van der Waals surface area contributed by atoms with E-state index in [0.29, 0.717) is 4.47 Å². The van der Waals surface area contributed by atoms with Crippen LogP contribution in [0.3, 0.4) is 0 Å². The van der Waals surface area contributed by atoms with Crippen molar-refractivity contribution in [1.29, 1.82) is 0 Å². The summed E-state index contributed by atoms with van der Waals surface area (Å²) in [4.78, 5) is 11.7. The van der Waals surface area contributed by atoms with Crippen molar-refractivity contribution in [2.45, 2.75) is 0 Å². The van der Waals surface area contributed by atoms with Gasteiger partial charge in [-0.2, -0.15) is 5.10 Å². The number of nitrogens with zero attached hydrogens (tertiary/aromatic N) is 1. The van der Waals surface area contributed by atoms with Crippen LogP contribution in [-0.2, 0) is 0 Å². The van der Waals surface area contributed by atoms with Crippen LogP contribution in [0.15, 0.2) is 52.0 Å². The second-order valence-corrected chi connectivity index (χ2v) is 4.80. The Hall–Kier alpha value is -2.21. The summed E-state index contributed by atoms with van der Waals surface area (Å²) in [7, 11) is 0. The molecule has 0 atom stereocenters. The molecule has 102 valence electrons. The number of para-hydroxylation sites is 1. The molecule has 0 radical (unpaired) electrons. The van der Waals surface area contributed by atoms with Crippen molar-refractivity contribution in [3.63, 3.8) is 0 Å². The van der Waals surface area contributed by atoms with Crippen LogP contribution in [0.1, 0.15) is 15.9 Å². The van der Waals surface area contributed by atoms with Gasteiger partial charge in [0.15, 0.2) is 0 Å². The second kappa shape index (κ2) is 6.29. The summed E-state index contributed by atoms with van der Waals surface area (Å²) in [6.07, 6.45) is 1.19. The second-order valence-electron chi connectivity index (χ2n) is 3.88. The van der Waals surface area contributed by atoms with Gasteiger partial charge >= 0.3 is 0 Å². The first-order chi connectivity index (χ1) is 9.58. The molecule has 20 heavy (non-hydrogen) atoms. The molecule has 0 saturated carbocycles. The van der Waals surface area contributed by atoms with Crippen molar-refractivity contribution < 1.29 is 14.3 Å². The number of rotatable bonds is 3. The van der Waals surface area contributed by atoms with Crippen molar-refractivity contribution in [2.75, 3.05) is 0 Å². The number of hydrogen-bond donors (Lipinski definition) is 2. The Balaban J connectivity index is 2.09. The molecular weight excluding hydrogens is 327 g/mol. The highest BCUT2D eigenvalue weighted by Gasteiger charge is 2.08. The standard InChI is InChI=1S/C14H10BrFN2O2/c15-10-5-6-12(16)9(7-10)8-17-18-14(20)11-3-1-2-4-13(11)19/h1-8,19H,(H,18,20)/b17-8+. The third-order valence-electron chi connectivity index (χ3n) is 2.48. The molecule has 0 heterocycles. The Morgan fingerprint density at radius 3 is 2.80 bits per heavy atom. The van der Waals surface area contributed by atoms with Gasteiger partial charge in [-0.3, -0.25) is 4.79 Å². The third kappa shape index (κ3) is 3.42. The van der Waals surface area contributed by atoms with Crippen LogP contribution >= 0.6 is 15.9 Å². The number of hydrazone groups is 1. The molecule has 0 aromatic heterocycles. The minimum absolute atomic E-state index is 0.0966. The average Bonchev–Trinajstić information content (AvgIpc) is 2.43. The van der Waals surface area contributed by atoms with Gasteiger partial charge in [-0.15, -0.1) is 0 Å². The molecule has 0 aliphatic heterocycles. The summed E-state index contributed by atoms with van der Waals surface area (Å²) in [5.74, 6) is -1.17. The van der Waals surface area contributed by atoms with Gasteiger partial charge in [-0.25, -0.2) is 9.82 Å². The van der Waals surface area contributed by atoms with E-state index in [1.54, 1.807) is 18.2 Å². The summed E-state index contributed by atoms with van der Waals surface area (Å²) in [5, 5.41) is 13.2. The first kappa shape index (κ1) is 14.2. The lowest BCUT2D eigenvalue weighted by atomic mass is 10.2. The number of halogens is 2. The molecule has 0 spiro atoms. The highest BCUT2D eigenvalue weighted by atomic mass is 79.9. The Morgan fingerprint density at radius 1 is 1.30 bits per heavy atom. The fourth-order valence-electron chi connectivity index (χ4n) is 1.50. The number of hydrogen-bond acceptors (Lipinski definition) is 3. The molecule has 0 saturated heterocycles. The van der Waals surface area contributed by atoms with E-state index in [1.807, 2.05) is 0 Å². The lowest BCUT2D eigenvalue weighted by Crippen LogP contribution is -2.17. The molecule has 0 aliphatic rings. The zero-order valence-corrected chi connectivity index (χ0v) is 11.8. The van der Waals surface area contributed by atoms with E-state index in [0.717, 1.165) is 0 Å². The molecule has 0 fully saturated rings. The number of nitrogens with one attached hydrogen (secondary N) is 1. The molecule has 2 N–H and O–H groups in total. The molecule has 6 heteroatoms. The first-order valence-electron chi connectivity index (χ1n) is 5.64. The van der Waals surface area contributed by atoms with E-state index >= 15 is 0 Å². The van der Waals surface area contributed by atoms with Gasteiger partial charge in [0.25, 0.3) is 5.91 Å². The topological polar surface area (TPSA) is 61.7 Å². The van der Waals surface area contributed by atoms with Crippen molar-refractivity contribution >= 4 is 28.1 Å². The van der Waals surface area contributed by atoms with Crippen molar-refractivity contribution in [2.24, 2.45) is 5.10 Å². The van der Waals surface area contributed by atoms with Gasteiger partial charge in [0.1, 0.15) is 11.6 Å². The number of carbonyl (C=O) groups excluding carboxylic acids is 1. The Kier molecular flexibility index (Phi) is 4.47. The van der Waals surface area contributed by atoms with E-state index in [2.05, 4.69) is 26.5 Å². The van der Waals surface area contributed by atoms with Gasteiger partial charge in [0.05, 0.1) is 11.8 Å². The molecule has 4 nitrogen and oxygen atoms in total. The Labute approximate surface area is 123 Å².